The number of rotatable bonds is 4. The van der Waals surface area contributed by atoms with Crippen LogP contribution in [-0.4, -0.2) is 48.9 Å². The number of aromatic nitrogens is 4. The molecular weight excluding hydrogens is 450 g/mol. The van der Waals surface area contributed by atoms with Crippen LogP contribution in [0.1, 0.15) is 25.2 Å². The fraction of sp³-hybridized carbons (Fsp3) is 0.476. The SMILES string of the molecule is C[C@H]1CN(Cc2nc3c(c(=O)n(C)c(=O)n3C)n2Cc2ccc(Br)cc2)C[C@H](C)O1. The van der Waals surface area contributed by atoms with Crippen LogP contribution < -0.4 is 11.2 Å². The number of imidazole rings is 1. The van der Waals surface area contributed by atoms with Crippen molar-refractivity contribution >= 4 is 27.1 Å². The zero-order valence-electron chi connectivity index (χ0n) is 17.6. The van der Waals surface area contributed by atoms with E-state index < -0.39 is 0 Å². The number of morpholine rings is 1. The van der Waals surface area contributed by atoms with E-state index in [1.165, 1.54) is 11.6 Å². The van der Waals surface area contributed by atoms with Crippen LogP contribution in [0, 0.1) is 0 Å². The highest BCUT2D eigenvalue weighted by atomic mass is 79.9. The summed E-state index contributed by atoms with van der Waals surface area (Å²) in [6.07, 6.45) is 0.269. The molecule has 1 aliphatic heterocycles. The summed E-state index contributed by atoms with van der Waals surface area (Å²) >= 11 is 3.46. The molecule has 8 nitrogen and oxygen atoms in total. The second kappa shape index (κ2) is 8.13. The first-order chi connectivity index (χ1) is 14.2. The minimum Gasteiger partial charge on any atom is -0.373 e. The van der Waals surface area contributed by atoms with Gasteiger partial charge in [-0.25, -0.2) is 9.78 Å². The average Bonchev–Trinajstić information content (AvgIpc) is 3.03. The van der Waals surface area contributed by atoms with Gasteiger partial charge in [0.15, 0.2) is 11.2 Å². The molecule has 3 aromatic rings. The van der Waals surface area contributed by atoms with E-state index in [0.717, 1.165) is 33.5 Å². The lowest BCUT2D eigenvalue weighted by Crippen LogP contribution is -2.45. The van der Waals surface area contributed by atoms with E-state index in [1.54, 1.807) is 7.05 Å². The Labute approximate surface area is 182 Å². The average molecular weight is 476 g/mol. The van der Waals surface area contributed by atoms with Crippen LogP contribution in [0.5, 0.6) is 0 Å². The van der Waals surface area contributed by atoms with E-state index in [-0.39, 0.29) is 23.5 Å². The van der Waals surface area contributed by atoms with Gasteiger partial charge >= 0.3 is 5.69 Å². The van der Waals surface area contributed by atoms with Crippen LogP contribution in [0.25, 0.3) is 11.2 Å². The van der Waals surface area contributed by atoms with Gasteiger partial charge in [-0.3, -0.25) is 18.8 Å². The van der Waals surface area contributed by atoms with E-state index in [0.29, 0.717) is 24.3 Å². The van der Waals surface area contributed by atoms with Gasteiger partial charge < -0.3 is 9.30 Å². The first-order valence-electron chi connectivity index (χ1n) is 10.0. The third-order valence-electron chi connectivity index (χ3n) is 5.54. The number of benzene rings is 1. The van der Waals surface area contributed by atoms with Crippen LogP contribution in [-0.2, 0) is 31.9 Å². The van der Waals surface area contributed by atoms with E-state index in [4.69, 9.17) is 9.72 Å². The number of aryl methyl sites for hydroxylation is 1. The van der Waals surface area contributed by atoms with Crippen molar-refractivity contribution in [1.29, 1.82) is 0 Å². The van der Waals surface area contributed by atoms with Crippen molar-refractivity contribution in [3.8, 4) is 0 Å². The molecule has 0 amide bonds. The number of fused-ring (bicyclic) bond motifs is 1. The monoisotopic (exact) mass is 475 g/mol. The number of hydrogen-bond acceptors (Lipinski definition) is 5. The van der Waals surface area contributed by atoms with Gasteiger partial charge in [0.25, 0.3) is 5.56 Å². The quantitative estimate of drug-likeness (QED) is 0.575. The Hall–Kier alpha value is -2.23. The largest absolute Gasteiger partial charge is 0.373 e. The van der Waals surface area contributed by atoms with Crippen LogP contribution in [0.3, 0.4) is 0 Å². The van der Waals surface area contributed by atoms with E-state index in [9.17, 15) is 9.59 Å². The van der Waals surface area contributed by atoms with E-state index >= 15 is 0 Å². The highest BCUT2D eigenvalue weighted by Gasteiger charge is 2.25. The molecule has 0 saturated carbocycles. The smallest absolute Gasteiger partial charge is 0.332 e. The normalized spacial score (nSPS) is 20.2. The summed E-state index contributed by atoms with van der Waals surface area (Å²) in [5.41, 5.74) is 1.23. The molecule has 2 aromatic heterocycles. The Morgan fingerprint density at radius 1 is 1.03 bits per heavy atom. The number of halogens is 1. The van der Waals surface area contributed by atoms with Crippen LogP contribution >= 0.6 is 15.9 Å². The summed E-state index contributed by atoms with van der Waals surface area (Å²) in [6, 6.07) is 8.00. The molecule has 30 heavy (non-hydrogen) atoms. The second-order valence-corrected chi connectivity index (χ2v) is 8.99. The minimum absolute atomic E-state index is 0.135. The number of hydrogen-bond donors (Lipinski definition) is 0. The summed E-state index contributed by atoms with van der Waals surface area (Å²) in [5, 5.41) is 0. The Balaban J connectivity index is 1.84. The van der Waals surface area contributed by atoms with Gasteiger partial charge in [0.05, 0.1) is 18.8 Å². The van der Waals surface area contributed by atoms with Crippen LogP contribution in [0.2, 0.25) is 0 Å². The summed E-state index contributed by atoms with van der Waals surface area (Å²) in [4.78, 5) is 32.5. The summed E-state index contributed by atoms with van der Waals surface area (Å²) in [7, 11) is 3.16. The maximum absolute atomic E-state index is 13.0. The van der Waals surface area contributed by atoms with Crippen molar-refractivity contribution in [2.75, 3.05) is 13.1 Å². The Morgan fingerprint density at radius 2 is 1.67 bits per heavy atom. The van der Waals surface area contributed by atoms with Crippen molar-refractivity contribution in [2.45, 2.75) is 39.1 Å². The lowest BCUT2D eigenvalue weighted by atomic mass is 10.2. The molecule has 0 N–H and O–H groups in total. The highest BCUT2D eigenvalue weighted by molar-refractivity contribution is 9.10. The van der Waals surface area contributed by atoms with Gasteiger partial charge in [-0.1, -0.05) is 28.1 Å². The first-order valence-corrected chi connectivity index (χ1v) is 10.8. The van der Waals surface area contributed by atoms with Crippen molar-refractivity contribution in [3.05, 3.63) is 61.0 Å². The molecule has 1 fully saturated rings. The first kappa shape index (κ1) is 21.0. The van der Waals surface area contributed by atoms with Crippen molar-refractivity contribution < 1.29 is 4.74 Å². The minimum atomic E-state index is -0.374. The van der Waals surface area contributed by atoms with Gasteiger partial charge in [0, 0.05) is 38.2 Å². The molecule has 1 saturated heterocycles. The Morgan fingerprint density at radius 3 is 2.30 bits per heavy atom. The zero-order chi connectivity index (χ0) is 21.6. The van der Waals surface area contributed by atoms with Crippen molar-refractivity contribution in [1.82, 2.24) is 23.6 Å². The maximum atomic E-state index is 13.0. The predicted octanol–water partition coefficient (Wildman–Crippen LogP) is 1.85. The molecule has 0 spiro atoms. The Kier molecular flexibility index (Phi) is 5.69. The molecule has 2 atom stereocenters. The molecule has 0 radical (unpaired) electrons. The second-order valence-electron chi connectivity index (χ2n) is 8.07. The zero-order valence-corrected chi connectivity index (χ0v) is 19.2. The van der Waals surface area contributed by atoms with Crippen LogP contribution in [0.15, 0.2) is 38.3 Å². The molecular formula is C21H26BrN5O3. The van der Waals surface area contributed by atoms with Gasteiger partial charge in [-0.15, -0.1) is 0 Å². The van der Waals surface area contributed by atoms with E-state index in [2.05, 4.69) is 34.7 Å². The van der Waals surface area contributed by atoms with Gasteiger partial charge in [0.2, 0.25) is 0 Å². The van der Waals surface area contributed by atoms with Gasteiger partial charge in [0.1, 0.15) is 5.82 Å². The molecule has 0 bridgehead atoms. The lowest BCUT2D eigenvalue weighted by molar-refractivity contribution is -0.0712. The molecule has 1 aliphatic rings. The molecule has 4 rings (SSSR count). The topological polar surface area (TPSA) is 74.3 Å². The fourth-order valence-electron chi connectivity index (χ4n) is 4.17. The number of nitrogens with zero attached hydrogens (tertiary/aromatic N) is 5. The lowest BCUT2D eigenvalue weighted by Gasteiger charge is -2.35. The standard InChI is InChI=1S/C21H26BrN5O3/c1-13-9-26(10-14(2)30-13)12-17-23-19-18(20(28)25(4)21(29)24(19)3)27(17)11-15-5-7-16(22)8-6-15/h5-8,13-14H,9-12H2,1-4H3/t13-,14-/m0/s1. The molecule has 9 heteroatoms. The third-order valence-corrected chi connectivity index (χ3v) is 6.07. The van der Waals surface area contributed by atoms with E-state index in [1.807, 2.05) is 28.8 Å². The van der Waals surface area contributed by atoms with Gasteiger partial charge in [-0.05, 0) is 31.5 Å². The summed E-state index contributed by atoms with van der Waals surface area (Å²) < 4.78 is 11.4. The molecule has 1 aromatic carbocycles. The van der Waals surface area contributed by atoms with Crippen molar-refractivity contribution in [3.63, 3.8) is 0 Å². The predicted molar refractivity (Wildman–Crippen MR) is 119 cm³/mol. The molecule has 0 aliphatic carbocycles. The van der Waals surface area contributed by atoms with Gasteiger partial charge in [-0.2, -0.15) is 0 Å². The fourth-order valence-corrected chi connectivity index (χ4v) is 4.43. The van der Waals surface area contributed by atoms with Crippen molar-refractivity contribution in [2.24, 2.45) is 14.1 Å². The highest BCUT2D eigenvalue weighted by Crippen LogP contribution is 2.19. The summed E-state index contributed by atoms with van der Waals surface area (Å²) in [5.74, 6) is 0.771. The number of ether oxygens (including phenoxy) is 1. The molecule has 3 heterocycles. The van der Waals surface area contributed by atoms with Crippen LogP contribution in [0.4, 0.5) is 0 Å². The Bertz CT molecular complexity index is 1180. The molecule has 0 unspecified atom stereocenters. The molecule has 160 valence electrons. The maximum Gasteiger partial charge on any atom is 0.332 e. The third kappa shape index (κ3) is 3.89. The summed E-state index contributed by atoms with van der Waals surface area (Å²) in [6.45, 7) is 6.80.